The van der Waals surface area contributed by atoms with E-state index in [-0.39, 0.29) is 17.6 Å². The molecule has 84 valence electrons. The maximum absolute atomic E-state index is 11.1. The highest BCUT2D eigenvalue weighted by atomic mass is 32.2. The van der Waals surface area contributed by atoms with Crippen molar-refractivity contribution in [3.8, 4) is 0 Å². The Labute approximate surface area is 85.8 Å². The lowest BCUT2D eigenvalue weighted by atomic mass is 10.2. The van der Waals surface area contributed by atoms with Gasteiger partial charge in [-0.1, -0.05) is 13.3 Å². The molecule has 1 rings (SSSR count). The van der Waals surface area contributed by atoms with Gasteiger partial charge in [-0.2, -0.15) is 0 Å². The van der Waals surface area contributed by atoms with E-state index in [9.17, 15) is 13.5 Å². The van der Waals surface area contributed by atoms with Gasteiger partial charge in [0, 0.05) is 19.6 Å². The highest BCUT2D eigenvalue weighted by Crippen LogP contribution is 2.06. The van der Waals surface area contributed by atoms with Crippen LogP contribution in [-0.4, -0.2) is 55.7 Å². The van der Waals surface area contributed by atoms with Crippen LogP contribution >= 0.6 is 0 Å². The summed E-state index contributed by atoms with van der Waals surface area (Å²) < 4.78 is 22.2. The molecule has 0 aliphatic carbocycles. The molecule has 1 saturated heterocycles. The van der Waals surface area contributed by atoms with Crippen LogP contribution in [0, 0.1) is 0 Å². The first-order valence-corrected chi connectivity index (χ1v) is 6.96. The summed E-state index contributed by atoms with van der Waals surface area (Å²) in [7, 11) is -2.79. The van der Waals surface area contributed by atoms with Gasteiger partial charge in [0.15, 0.2) is 9.84 Å². The summed E-state index contributed by atoms with van der Waals surface area (Å²) in [5.74, 6) is 0.484. The zero-order valence-corrected chi connectivity index (χ0v) is 9.46. The number of aliphatic hydroxyl groups is 1. The van der Waals surface area contributed by atoms with Crippen molar-refractivity contribution in [1.82, 2.24) is 4.90 Å². The van der Waals surface area contributed by atoms with Gasteiger partial charge in [-0.05, 0) is 6.42 Å². The van der Waals surface area contributed by atoms with Gasteiger partial charge in [0.25, 0.3) is 0 Å². The molecule has 1 heterocycles. The molecular formula is C9H19NO3S. The summed E-state index contributed by atoms with van der Waals surface area (Å²) in [5.41, 5.74) is 0. The number of β-amino-alcohol motifs (C(OH)–C–C–N with tert-alkyl or cyclic N) is 1. The molecule has 0 aromatic carbocycles. The van der Waals surface area contributed by atoms with Gasteiger partial charge in [-0.15, -0.1) is 0 Å². The zero-order valence-electron chi connectivity index (χ0n) is 8.65. The highest BCUT2D eigenvalue weighted by Gasteiger charge is 2.22. The van der Waals surface area contributed by atoms with E-state index in [0.29, 0.717) is 19.6 Å². The maximum Gasteiger partial charge on any atom is 0.152 e. The first kappa shape index (κ1) is 11.9. The zero-order chi connectivity index (χ0) is 10.6. The Morgan fingerprint density at radius 1 is 1.36 bits per heavy atom. The Morgan fingerprint density at radius 2 is 1.93 bits per heavy atom. The molecule has 0 spiro atoms. The summed E-state index contributed by atoms with van der Waals surface area (Å²) in [4.78, 5) is 2.03. The third-order valence-electron chi connectivity index (χ3n) is 2.53. The van der Waals surface area contributed by atoms with Gasteiger partial charge in [-0.3, -0.25) is 4.90 Å². The van der Waals surface area contributed by atoms with Crippen LogP contribution in [0.15, 0.2) is 0 Å². The van der Waals surface area contributed by atoms with E-state index in [4.69, 9.17) is 0 Å². The van der Waals surface area contributed by atoms with Crippen LogP contribution in [0.3, 0.4) is 0 Å². The molecular weight excluding hydrogens is 202 g/mol. The van der Waals surface area contributed by atoms with E-state index >= 15 is 0 Å². The number of nitrogens with zero attached hydrogens (tertiary/aromatic N) is 1. The SMILES string of the molecule is CCCC(O)CN1CCS(=O)(=O)CC1. The van der Waals surface area contributed by atoms with E-state index < -0.39 is 9.84 Å². The fourth-order valence-corrected chi connectivity index (χ4v) is 2.93. The van der Waals surface area contributed by atoms with E-state index in [1.165, 1.54) is 0 Å². The normalized spacial score (nSPS) is 24.7. The molecule has 0 bridgehead atoms. The number of aliphatic hydroxyl groups excluding tert-OH is 1. The van der Waals surface area contributed by atoms with Crippen molar-refractivity contribution in [3.05, 3.63) is 0 Å². The van der Waals surface area contributed by atoms with Gasteiger partial charge >= 0.3 is 0 Å². The summed E-state index contributed by atoms with van der Waals surface area (Å²) in [6.45, 7) is 3.79. The second-order valence-electron chi connectivity index (χ2n) is 3.89. The molecule has 1 aliphatic heterocycles. The van der Waals surface area contributed by atoms with E-state index in [2.05, 4.69) is 0 Å². The monoisotopic (exact) mass is 221 g/mol. The van der Waals surface area contributed by atoms with Crippen LogP contribution in [0.2, 0.25) is 0 Å². The average Bonchev–Trinajstić information content (AvgIpc) is 2.09. The standard InChI is InChI=1S/C9H19NO3S/c1-2-3-9(11)8-10-4-6-14(12,13)7-5-10/h9,11H,2-8H2,1H3. The molecule has 0 aromatic heterocycles. The van der Waals surface area contributed by atoms with E-state index in [1.807, 2.05) is 11.8 Å². The van der Waals surface area contributed by atoms with Gasteiger partial charge in [0.2, 0.25) is 0 Å². The molecule has 1 N–H and O–H groups in total. The Morgan fingerprint density at radius 3 is 2.43 bits per heavy atom. The van der Waals surface area contributed by atoms with E-state index in [1.54, 1.807) is 0 Å². The molecule has 1 unspecified atom stereocenters. The van der Waals surface area contributed by atoms with Crippen LogP contribution in [0.25, 0.3) is 0 Å². The number of rotatable bonds is 4. The van der Waals surface area contributed by atoms with Crippen LogP contribution in [0.5, 0.6) is 0 Å². The molecule has 5 heteroatoms. The Kier molecular flexibility index (Phi) is 4.34. The average molecular weight is 221 g/mol. The summed E-state index contributed by atoms with van der Waals surface area (Å²) in [6, 6.07) is 0. The molecule has 1 aliphatic rings. The van der Waals surface area contributed by atoms with Crippen molar-refractivity contribution in [2.24, 2.45) is 0 Å². The van der Waals surface area contributed by atoms with Gasteiger partial charge in [-0.25, -0.2) is 8.42 Å². The molecule has 0 amide bonds. The van der Waals surface area contributed by atoms with Crippen LogP contribution in [0.1, 0.15) is 19.8 Å². The minimum absolute atomic E-state index is 0.242. The topological polar surface area (TPSA) is 57.6 Å². The smallest absolute Gasteiger partial charge is 0.152 e. The third kappa shape index (κ3) is 3.94. The first-order valence-electron chi connectivity index (χ1n) is 5.14. The molecule has 1 atom stereocenters. The molecule has 4 nitrogen and oxygen atoms in total. The lowest BCUT2D eigenvalue weighted by molar-refractivity contribution is 0.109. The number of hydrogen-bond acceptors (Lipinski definition) is 4. The van der Waals surface area contributed by atoms with Crippen molar-refractivity contribution in [1.29, 1.82) is 0 Å². The minimum Gasteiger partial charge on any atom is -0.392 e. The lowest BCUT2D eigenvalue weighted by Gasteiger charge is -2.28. The summed E-state index contributed by atoms with van der Waals surface area (Å²) in [6.07, 6.45) is 1.46. The van der Waals surface area contributed by atoms with Gasteiger partial charge < -0.3 is 5.11 Å². The van der Waals surface area contributed by atoms with Crippen LogP contribution in [-0.2, 0) is 9.84 Å². The van der Waals surface area contributed by atoms with E-state index in [0.717, 1.165) is 12.8 Å². The number of sulfone groups is 1. The van der Waals surface area contributed by atoms with Crippen LogP contribution in [0.4, 0.5) is 0 Å². The molecule has 0 aromatic rings. The predicted molar refractivity (Wildman–Crippen MR) is 56.0 cm³/mol. The van der Waals surface area contributed by atoms with Crippen molar-refractivity contribution >= 4 is 9.84 Å². The Balaban J connectivity index is 2.29. The summed E-state index contributed by atoms with van der Waals surface area (Å²) >= 11 is 0. The Hall–Kier alpha value is -0.130. The van der Waals surface area contributed by atoms with Crippen molar-refractivity contribution in [2.45, 2.75) is 25.9 Å². The van der Waals surface area contributed by atoms with Crippen molar-refractivity contribution in [3.63, 3.8) is 0 Å². The minimum atomic E-state index is -2.79. The molecule has 14 heavy (non-hydrogen) atoms. The largest absolute Gasteiger partial charge is 0.392 e. The van der Waals surface area contributed by atoms with Crippen molar-refractivity contribution < 1.29 is 13.5 Å². The quantitative estimate of drug-likeness (QED) is 0.719. The van der Waals surface area contributed by atoms with Gasteiger partial charge in [0.1, 0.15) is 0 Å². The third-order valence-corrected chi connectivity index (χ3v) is 4.14. The molecule has 1 fully saturated rings. The molecule has 0 radical (unpaired) electrons. The first-order chi connectivity index (χ1) is 6.53. The Bertz CT molecular complexity index is 249. The molecule has 0 saturated carbocycles. The highest BCUT2D eigenvalue weighted by molar-refractivity contribution is 7.91. The second-order valence-corrected chi connectivity index (χ2v) is 6.20. The van der Waals surface area contributed by atoms with Crippen molar-refractivity contribution in [2.75, 3.05) is 31.1 Å². The van der Waals surface area contributed by atoms with Gasteiger partial charge in [0.05, 0.1) is 17.6 Å². The summed E-state index contributed by atoms with van der Waals surface area (Å²) in [5, 5.41) is 9.54. The fraction of sp³-hybridized carbons (Fsp3) is 1.00. The maximum atomic E-state index is 11.1. The van der Waals surface area contributed by atoms with Crippen LogP contribution < -0.4 is 0 Å². The second kappa shape index (κ2) is 5.09. The fourth-order valence-electron chi connectivity index (χ4n) is 1.66. The lowest BCUT2D eigenvalue weighted by Crippen LogP contribution is -2.43. The number of hydrogen-bond donors (Lipinski definition) is 1. The predicted octanol–water partition coefficient (Wildman–Crippen LogP) is -0.122.